The quantitative estimate of drug-likeness (QED) is 0.279. The molecule has 7 unspecified atom stereocenters. The number of fused-ring (bicyclic) bond motifs is 3. The average Bonchev–Trinajstić information content (AvgIpc) is 3.22. The van der Waals surface area contributed by atoms with Gasteiger partial charge in [0.1, 0.15) is 35.9 Å². The SMILES string of the molecule is CC(C)C[C@@H]1CCO[C@H]2C(C(=O)N[C@@H]3C/C=C\C(CN4CCOCC4)CSC4OC3C(O)C(O)C4O)NC[C@@H]2C1. The van der Waals surface area contributed by atoms with Crippen LogP contribution in [0.5, 0.6) is 0 Å². The van der Waals surface area contributed by atoms with Gasteiger partial charge in [-0.25, -0.2) is 0 Å². The molecule has 5 heterocycles. The number of nitrogens with zero attached hydrogens (tertiary/aromatic N) is 1. The Hall–Kier alpha value is -0.760. The molecule has 11 heteroatoms. The first-order chi connectivity index (χ1) is 19.3. The Balaban J connectivity index is 1.28. The number of thioether (sulfide) groups is 1. The highest BCUT2D eigenvalue weighted by molar-refractivity contribution is 7.99. The second-order valence-electron chi connectivity index (χ2n) is 12.7. The van der Waals surface area contributed by atoms with Crippen molar-refractivity contribution in [3.8, 4) is 0 Å². The average molecular weight is 584 g/mol. The molecular formula is C29H49N3O7S. The maximum atomic E-state index is 13.7. The standard InChI is InChI=1S/C29H49N3O7S/c1-17(2)12-18-6-9-38-26-20(13-18)14-30-22(26)28(36)31-21-5-3-4-19(15-32-7-10-37-11-8-32)16-40-29-25(35)23(33)24(34)27(21)39-29/h3-4,17-27,29-30,33-35H,5-16H2,1-2H3,(H,31,36)/b4-3-/t18-,19?,20-,21+,22?,23?,24?,25?,26+,27?,29?/m0/s1. The van der Waals surface area contributed by atoms with Crippen molar-refractivity contribution in [1.29, 1.82) is 0 Å². The summed E-state index contributed by atoms with van der Waals surface area (Å²) >= 11 is 1.46. The van der Waals surface area contributed by atoms with Crippen molar-refractivity contribution in [3.63, 3.8) is 0 Å². The zero-order valence-corrected chi connectivity index (χ0v) is 24.7. The molecule has 228 valence electrons. The minimum atomic E-state index is -1.35. The zero-order chi connectivity index (χ0) is 28.2. The van der Waals surface area contributed by atoms with E-state index in [0.29, 0.717) is 36.5 Å². The summed E-state index contributed by atoms with van der Waals surface area (Å²) in [5, 5.41) is 38.9. The summed E-state index contributed by atoms with van der Waals surface area (Å²) < 4.78 is 18.0. The van der Waals surface area contributed by atoms with Gasteiger partial charge in [-0.05, 0) is 49.4 Å². The topological polar surface area (TPSA) is 133 Å². The predicted molar refractivity (Wildman–Crippen MR) is 153 cm³/mol. The number of carbonyl (C=O) groups excluding carboxylic acids is 1. The summed E-state index contributed by atoms with van der Waals surface area (Å²) in [5.41, 5.74) is -0.696. The third-order valence-electron chi connectivity index (χ3n) is 9.15. The Morgan fingerprint density at radius 1 is 1.12 bits per heavy atom. The molecule has 5 aliphatic heterocycles. The highest BCUT2D eigenvalue weighted by Gasteiger charge is 2.49. The van der Waals surface area contributed by atoms with Gasteiger partial charge in [-0.3, -0.25) is 9.69 Å². The molecule has 10 nitrogen and oxygen atoms in total. The molecule has 4 fully saturated rings. The van der Waals surface area contributed by atoms with Gasteiger partial charge in [0, 0.05) is 38.5 Å². The molecule has 5 N–H and O–H groups in total. The van der Waals surface area contributed by atoms with Gasteiger partial charge in [0.2, 0.25) is 5.91 Å². The Bertz CT molecular complexity index is 859. The normalized spacial score (nSPS) is 44.0. The van der Waals surface area contributed by atoms with Gasteiger partial charge in [0.05, 0.1) is 25.4 Å². The maximum Gasteiger partial charge on any atom is 0.240 e. The fraction of sp³-hybridized carbons (Fsp3) is 0.897. The second kappa shape index (κ2) is 14.1. The van der Waals surface area contributed by atoms with Gasteiger partial charge in [-0.15, -0.1) is 11.8 Å². The molecule has 5 rings (SSSR count). The largest absolute Gasteiger partial charge is 0.388 e. The van der Waals surface area contributed by atoms with Crippen molar-refractivity contribution in [1.82, 2.24) is 15.5 Å². The van der Waals surface area contributed by atoms with Gasteiger partial charge in [0.25, 0.3) is 0 Å². The lowest BCUT2D eigenvalue weighted by molar-refractivity contribution is -0.205. The van der Waals surface area contributed by atoms with Crippen LogP contribution in [0.3, 0.4) is 0 Å². The molecule has 5 aliphatic rings. The van der Waals surface area contributed by atoms with Crippen LogP contribution < -0.4 is 10.6 Å². The molecule has 0 spiro atoms. The van der Waals surface area contributed by atoms with Crippen LogP contribution in [0.25, 0.3) is 0 Å². The fourth-order valence-corrected chi connectivity index (χ4v) is 8.30. The molecule has 0 aliphatic carbocycles. The number of ether oxygens (including phenoxy) is 3. The number of hydrogen-bond donors (Lipinski definition) is 5. The second-order valence-corrected chi connectivity index (χ2v) is 13.9. The number of aliphatic hydroxyl groups excluding tert-OH is 3. The molecule has 0 radical (unpaired) electrons. The van der Waals surface area contributed by atoms with E-state index in [1.165, 1.54) is 18.2 Å². The van der Waals surface area contributed by atoms with Crippen LogP contribution in [0.1, 0.15) is 39.5 Å². The molecule has 1 amide bonds. The molecular weight excluding hydrogens is 534 g/mol. The molecule has 0 aromatic carbocycles. The fourth-order valence-electron chi connectivity index (χ4n) is 7.08. The molecule has 11 atom stereocenters. The van der Waals surface area contributed by atoms with Gasteiger partial charge >= 0.3 is 0 Å². The Morgan fingerprint density at radius 2 is 1.93 bits per heavy atom. The molecule has 2 bridgehead atoms. The van der Waals surface area contributed by atoms with E-state index in [0.717, 1.165) is 52.2 Å². The third-order valence-corrected chi connectivity index (χ3v) is 10.5. The minimum Gasteiger partial charge on any atom is -0.388 e. The summed E-state index contributed by atoms with van der Waals surface area (Å²) in [7, 11) is 0. The Morgan fingerprint density at radius 3 is 2.70 bits per heavy atom. The van der Waals surface area contributed by atoms with Crippen LogP contribution in [-0.2, 0) is 19.0 Å². The number of amides is 1. The van der Waals surface area contributed by atoms with Gasteiger partial charge in [0.15, 0.2) is 0 Å². The van der Waals surface area contributed by atoms with E-state index in [4.69, 9.17) is 14.2 Å². The lowest BCUT2D eigenvalue weighted by Gasteiger charge is -2.44. The highest BCUT2D eigenvalue weighted by atomic mass is 32.2. The van der Waals surface area contributed by atoms with Gasteiger partial charge in [-0.1, -0.05) is 26.0 Å². The molecule has 0 saturated carbocycles. The van der Waals surface area contributed by atoms with Crippen molar-refractivity contribution in [2.45, 2.75) is 87.6 Å². The number of morpholine rings is 1. The monoisotopic (exact) mass is 583 g/mol. The number of aliphatic hydroxyl groups is 3. The number of nitrogens with one attached hydrogen (secondary N) is 2. The summed E-state index contributed by atoms with van der Waals surface area (Å²) in [5.74, 6) is 2.30. The van der Waals surface area contributed by atoms with Crippen LogP contribution >= 0.6 is 11.8 Å². The molecule has 40 heavy (non-hydrogen) atoms. The van der Waals surface area contributed by atoms with E-state index in [1.807, 2.05) is 0 Å². The van der Waals surface area contributed by atoms with E-state index >= 15 is 0 Å². The van der Waals surface area contributed by atoms with Crippen molar-refractivity contribution in [2.75, 3.05) is 51.8 Å². The first-order valence-corrected chi connectivity index (χ1v) is 16.3. The number of rotatable bonds is 6. The van der Waals surface area contributed by atoms with Crippen LogP contribution in [0, 0.1) is 23.7 Å². The number of carbonyl (C=O) groups is 1. The predicted octanol–water partition coefficient (Wildman–Crippen LogP) is 0.350. The summed E-state index contributed by atoms with van der Waals surface area (Å²) in [4.78, 5) is 16.1. The molecule has 0 aromatic heterocycles. The highest BCUT2D eigenvalue weighted by Crippen LogP contribution is 2.35. The van der Waals surface area contributed by atoms with E-state index in [1.54, 1.807) is 0 Å². The maximum absolute atomic E-state index is 13.7. The summed E-state index contributed by atoms with van der Waals surface area (Å²) in [6.07, 6.45) is 3.05. The van der Waals surface area contributed by atoms with Crippen LogP contribution in [-0.4, -0.2) is 126 Å². The van der Waals surface area contributed by atoms with Gasteiger partial charge < -0.3 is 40.2 Å². The first kappa shape index (κ1) is 30.7. The van der Waals surface area contributed by atoms with Crippen molar-refractivity contribution in [3.05, 3.63) is 12.2 Å². The van der Waals surface area contributed by atoms with E-state index < -0.39 is 41.9 Å². The summed E-state index contributed by atoms with van der Waals surface area (Å²) in [6.45, 7) is 10.0. The smallest absolute Gasteiger partial charge is 0.240 e. The lowest BCUT2D eigenvalue weighted by atomic mass is 9.85. The van der Waals surface area contributed by atoms with Crippen LogP contribution in [0.4, 0.5) is 0 Å². The molecule has 0 aromatic rings. The van der Waals surface area contributed by atoms with Crippen LogP contribution in [0.2, 0.25) is 0 Å². The third kappa shape index (κ3) is 7.41. The Labute approximate surface area is 242 Å². The molecule has 4 saturated heterocycles. The minimum absolute atomic E-state index is 0.171. The number of hydrogen-bond acceptors (Lipinski definition) is 10. The zero-order valence-electron chi connectivity index (χ0n) is 23.9. The summed E-state index contributed by atoms with van der Waals surface area (Å²) in [6, 6.07) is -1.04. The van der Waals surface area contributed by atoms with Crippen LogP contribution in [0.15, 0.2) is 12.2 Å². The van der Waals surface area contributed by atoms with Crippen molar-refractivity contribution < 1.29 is 34.3 Å². The van der Waals surface area contributed by atoms with Crippen molar-refractivity contribution in [2.24, 2.45) is 23.7 Å². The van der Waals surface area contributed by atoms with E-state index in [9.17, 15) is 20.1 Å². The van der Waals surface area contributed by atoms with Crippen molar-refractivity contribution >= 4 is 17.7 Å². The lowest BCUT2D eigenvalue weighted by Crippen LogP contribution is -2.64. The Kier molecular flexibility index (Phi) is 10.8. The van der Waals surface area contributed by atoms with Gasteiger partial charge in [-0.2, -0.15) is 0 Å². The first-order valence-electron chi connectivity index (χ1n) is 15.2. The van der Waals surface area contributed by atoms with E-state index in [2.05, 4.69) is 41.5 Å². The van der Waals surface area contributed by atoms with E-state index in [-0.39, 0.29) is 17.9 Å².